The molecule has 0 spiro atoms. The van der Waals surface area contributed by atoms with Crippen LogP contribution in [0.5, 0.6) is 0 Å². The number of rotatable bonds is 3. The van der Waals surface area contributed by atoms with E-state index in [9.17, 15) is 4.79 Å². The quantitative estimate of drug-likeness (QED) is 0.427. The summed E-state index contributed by atoms with van der Waals surface area (Å²) in [5.41, 5.74) is 0. The highest BCUT2D eigenvalue weighted by Gasteiger charge is 1.85. The molecular weight excluding hydrogens is 120 g/mol. The van der Waals surface area contributed by atoms with E-state index in [1.54, 1.807) is 11.5 Å². The van der Waals surface area contributed by atoms with Crippen LogP contribution >= 0.6 is 11.8 Å². The maximum Gasteiger partial charge on any atom is 0.156 e. The molecule has 0 radical (unpaired) electrons. The summed E-state index contributed by atoms with van der Waals surface area (Å²) >= 11 is 1.33. The zero-order valence-electron chi connectivity index (χ0n) is 4.76. The van der Waals surface area contributed by atoms with Gasteiger partial charge in [0.05, 0.1) is 0 Å². The second kappa shape index (κ2) is 4.65. The van der Waals surface area contributed by atoms with Crippen LogP contribution < -0.4 is 0 Å². The molecule has 0 atom stereocenters. The summed E-state index contributed by atoms with van der Waals surface area (Å²) < 4.78 is 0. The fourth-order valence-corrected chi connectivity index (χ4v) is 0.644. The van der Waals surface area contributed by atoms with Crippen molar-refractivity contribution in [1.82, 2.24) is 0 Å². The van der Waals surface area contributed by atoms with Crippen LogP contribution in [0, 0.1) is 0 Å². The van der Waals surface area contributed by atoms with E-state index in [0.717, 1.165) is 6.29 Å². The van der Waals surface area contributed by atoms with Gasteiger partial charge in [-0.1, -0.05) is 24.4 Å². The van der Waals surface area contributed by atoms with Crippen LogP contribution in [0.4, 0.5) is 0 Å². The molecule has 0 fully saturated rings. The van der Waals surface area contributed by atoms with Gasteiger partial charge < -0.3 is 0 Å². The van der Waals surface area contributed by atoms with E-state index in [-0.39, 0.29) is 0 Å². The summed E-state index contributed by atoms with van der Waals surface area (Å²) in [7, 11) is 0. The molecule has 44 valence electrons. The Hall–Kier alpha value is -0.500. The zero-order chi connectivity index (χ0) is 6.41. The van der Waals surface area contributed by atoms with Gasteiger partial charge in [0.25, 0.3) is 0 Å². The van der Waals surface area contributed by atoms with Gasteiger partial charge in [0.1, 0.15) is 0 Å². The maximum absolute atomic E-state index is 9.99. The fraction of sp³-hybridized carbons (Fsp3) is 0.167. The van der Waals surface area contributed by atoms with Crippen molar-refractivity contribution >= 4 is 18.0 Å². The van der Waals surface area contributed by atoms with Gasteiger partial charge in [-0.3, -0.25) is 4.79 Å². The molecule has 0 aromatic heterocycles. The molecule has 0 rings (SSSR count). The van der Waals surface area contributed by atoms with Crippen molar-refractivity contribution < 1.29 is 4.79 Å². The second-order valence-corrected chi connectivity index (χ2v) is 2.13. The Morgan fingerprint density at radius 3 is 2.50 bits per heavy atom. The summed E-state index contributed by atoms with van der Waals surface area (Å²) in [5.74, 6) is 0. The highest BCUT2D eigenvalue weighted by atomic mass is 32.2. The zero-order valence-corrected chi connectivity index (χ0v) is 5.57. The molecule has 0 saturated carbocycles. The topological polar surface area (TPSA) is 17.1 Å². The highest BCUT2D eigenvalue weighted by Crippen LogP contribution is 2.11. The first kappa shape index (κ1) is 7.50. The molecule has 0 aromatic carbocycles. The third kappa shape index (κ3) is 2.64. The van der Waals surface area contributed by atoms with E-state index in [0.29, 0.717) is 4.91 Å². The van der Waals surface area contributed by atoms with Gasteiger partial charge in [0.15, 0.2) is 6.29 Å². The van der Waals surface area contributed by atoms with Crippen molar-refractivity contribution in [2.75, 3.05) is 0 Å². The molecule has 0 unspecified atom stereocenters. The molecular formula is C6H8OS. The van der Waals surface area contributed by atoms with E-state index in [1.165, 1.54) is 11.8 Å². The lowest BCUT2D eigenvalue weighted by Gasteiger charge is -1.85. The van der Waals surface area contributed by atoms with Crippen LogP contribution in [-0.2, 0) is 4.79 Å². The first-order valence-electron chi connectivity index (χ1n) is 2.24. The molecule has 0 N–H and O–H groups in total. The van der Waals surface area contributed by atoms with Gasteiger partial charge in [-0.2, -0.15) is 0 Å². The van der Waals surface area contributed by atoms with Gasteiger partial charge in [-0.15, -0.1) is 0 Å². The van der Waals surface area contributed by atoms with E-state index in [4.69, 9.17) is 0 Å². The molecule has 1 nitrogen and oxygen atoms in total. The molecule has 0 amide bonds. The van der Waals surface area contributed by atoms with Crippen molar-refractivity contribution in [3.63, 3.8) is 0 Å². The lowest BCUT2D eigenvalue weighted by molar-refractivity contribution is -0.104. The minimum Gasteiger partial charge on any atom is -0.297 e. The predicted octanol–water partition coefficient (Wildman–Crippen LogP) is 1.97. The van der Waals surface area contributed by atoms with Crippen LogP contribution in [-0.4, -0.2) is 6.29 Å². The van der Waals surface area contributed by atoms with E-state index < -0.39 is 0 Å². The minimum absolute atomic E-state index is 0.708. The smallest absolute Gasteiger partial charge is 0.156 e. The van der Waals surface area contributed by atoms with E-state index in [1.807, 2.05) is 6.92 Å². The van der Waals surface area contributed by atoms with Crippen molar-refractivity contribution in [2.45, 2.75) is 6.92 Å². The highest BCUT2D eigenvalue weighted by molar-refractivity contribution is 8.06. The lowest BCUT2D eigenvalue weighted by atomic mass is 10.6. The molecule has 0 bridgehead atoms. The normalized spacial score (nSPS) is 10.9. The molecule has 0 heterocycles. The largest absolute Gasteiger partial charge is 0.297 e. The van der Waals surface area contributed by atoms with Crippen LogP contribution in [0.1, 0.15) is 6.92 Å². The number of carbonyl (C=O) groups is 1. The molecule has 2 heteroatoms. The van der Waals surface area contributed by atoms with Gasteiger partial charge in [-0.05, 0) is 12.3 Å². The number of aldehydes is 1. The average Bonchev–Trinajstić information content (AvgIpc) is 1.83. The predicted molar refractivity (Wildman–Crippen MR) is 37.6 cm³/mol. The summed E-state index contributed by atoms with van der Waals surface area (Å²) in [4.78, 5) is 10.7. The van der Waals surface area contributed by atoms with Crippen molar-refractivity contribution in [3.8, 4) is 0 Å². The Kier molecular flexibility index (Phi) is 4.36. The fourth-order valence-electron chi connectivity index (χ4n) is 0.260. The Morgan fingerprint density at radius 2 is 2.38 bits per heavy atom. The second-order valence-electron chi connectivity index (χ2n) is 1.09. The van der Waals surface area contributed by atoms with Gasteiger partial charge in [0.2, 0.25) is 0 Å². The molecule has 0 aliphatic heterocycles. The average molecular weight is 128 g/mol. The standard InChI is InChI=1S/C6H8OS/c1-3-6(5-7)8-4-2/h3-5H,2H2,1H3/b6-3-. The SMILES string of the molecule is C=CS/C(C=O)=C\C. The number of hydrogen-bond acceptors (Lipinski definition) is 2. The Bertz CT molecular complexity index is 116. The third-order valence-corrected chi connectivity index (χ3v) is 1.39. The van der Waals surface area contributed by atoms with Crippen molar-refractivity contribution in [3.05, 3.63) is 23.0 Å². The molecule has 0 aromatic rings. The Labute approximate surface area is 53.5 Å². The summed E-state index contributed by atoms with van der Waals surface area (Å²) in [6.07, 6.45) is 2.56. The van der Waals surface area contributed by atoms with E-state index in [2.05, 4.69) is 6.58 Å². The van der Waals surface area contributed by atoms with Crippen LogP contribution in [0.15, 0.2) is 23.0 Å². The molecule has 8 heavy (non-hydrogen) atoms. The van der Waals surface area contributed by atoms with Gasteiger partial charge in [0, 0.05) is 4.91 Å². The molecule has 0 saturated heterocycles. The molecule has 0 aliphatic carbocycles. The summed E-state index contributed by atoms with van der Waals surface area (Å²) in [5, 5.41) is 1.63. The van der Waals surface area contributed by atoms with E-state index >= 15 is 0 Å². The van der Waals surface area contributed by atoms with Crippen LogP contribution in [0.3, 0.4) is 0 Å². The third-order valence-electron chi connectivity index (χ3n) is 0.620. The van der Waals surface area contributed by atoms with Gasteiger partial charge in [-0.25, -0.2) is 0 Å². The molecule has 0 aliphatic rings. The van der Waals surface area contributed by atoms with Crippen LogP contribution in [0.2, 0.25) is 0 Å². The monoisotopic (exact) mass is 128 g/mol. The van der Waals surface area contributed by atoms with Crippen LogP contribution in [0.25, 0.3) is 0 Å². The minimum atomic E-state index is 0.708. The van der Waals surface area contributed by atoms with Gasteiger partial charge >= 0.3 is 0 Å². The summed E-state index contributed by atoms with van der Waals surface area (Å²) in [6.45, 7) is 5.28. The summed E-state index contributed by atoms with van der Waals surface area (Å²) in [6, 6.07) is 0. The number of thioether (sulfide) groups is 1. The number of allylic oxidation sites excluding steroid dienone is 2. The number of carbonyl (C=O) groups excluding carboxylic acids is 1. The lowest BCUT2D eigenvalue weighted by Crippen LogP contribution is -1.71. The van der Waals surface area contributed by atoms with Crippen molar-refractivity contribution in [2.24, 2.45) is 0 Å². The number of hydrogen-bond donors (Lipinski definition) is 0. The first-order chi connectivity index (χ1) is 3.85. The van der Waals surface area contributed by atoms with Crippen molar-refractivity contribution in [1.29, 1.82) is 0 Å². The first-order valence-corrected chi connectivity index (χ1v) is 3.12. The Balaban J connectivity index is 3.71. The Morgan fingerprint density at radius 1 is 1.75 bits per heavy atom. The maximum atomic E-state index is 9.99.